The molecule has 0 aliphatic carbocycles. The second kappa shape index (κ2) is 9.20. The maximum Gasteiger partial charge on any atom is 0.220 e. The predicted octanol–water partition coefficient (Wildman–Crippen LogP) is 1.53. The molecule has 0 bridgehead atoms. The molecule has 20 heavy (non-hydrogen) atoms. The molecule has 0 unspecified atom stereocenters. The van der Waals surface area contributed by atoms with Gasteiger partial charge in [0.15, 0.2) is 11.5 Å². The SMILES string of the molecule is COc1ccc(CCNC(=O)CCCCO)cc1OC. The van der Waals surface area contributed by atoms with Crippen LogP contribution in [0.25, 0.3) is 0 Å². The van der Waals surface area contributed by atoms with Crippen molar-refractivity contribution in [3.8, 4) is 11.5 Å². The van der Waals surface area contributed by atoms with Gasteiger partial charge in [0.25, 0.3) is 0 Å². The molecule has 0 atom stereocenters. The maximum absolute atomic E-state index is 11.5. The smallest absolute Gasteiger partial charge is 0.220 e. The Morgan fingerprint density at radius 1 is 1.20 bits per heavy atom. The Balaban J connectivity index is 2.36. The summed E-state index contributed by atoms with van der Waals surface area (Å²) in [5.74, 6) is 1.42. The molecule has 1 aromatic rings. The lowest BCUT2D eigenvalue weighted by atomic mass is 10.1. The molecule has 0 aliphatic heterocycles. The standard InChI is InChI=1S/C15H23NO4/c1-19-13-7-6-12(11-14(13)20-2)8-9-16-15(18)5-3-4-10-17/h6-7,11,17H,3-5,8-10H2,1-2H3,(H,16,18). The Morgan fingerprint density at radius 2 is 1.95 bits per heavy atom. The summed E-state index contributed by atoms with van der Waals surface area (Å²) < 4.78 is 10.4. The number of aliphatic hydroxyl groups excluding tert-OH is 1. The number of rotatable bonds is 9. The first kappa shape index (κ1) is 16.3. The van der Waals surface area contributed by atoms with E-state index in [9.17, 15) is 4.79 Å². The number of nitrogens with one attached hydrogen (secondary N) is 1. The number of hydrogen-bond donors (Lipinski definition) is 2. The number of amides is 1. The summed E-state index contributed by atoms with van der Waals surface area (Å²) in [6, 6.07) is 5.73. The van der Waals surface area contributed by atoms with Gasteiger partial charge >= 0.3 is 0 Å². The van der Waals surface area contributed by atoms with Gasteiger partial charge in [-0.3, -0.25) is 4.79 Å². The lowest BCUT2D eigenvalue weighted by molar-refractivity contribution is -0.121. The Hall–Kier alpha value is -1.75. The highest BCUT2D eigenvalue weighted by Gasteiger charge is 2.05. The third-order valence-corrected chi connectivity index (χ3v) is 3.00. The molecule has 5 heteroatoms. The summed E-state index contributed by atoms with van der Waals surface area (Å²) in [4.78, 5) is 11.5. The van der Waals surface area contributed by atoms with E-state index in [-0.39, 0.29) is 12.5 Å². The van der Waals surface area contributed by atoms with E-state index in [1.54, 1.807) is 14.2 Å². The molecule has 1 rings (SSSR count). The van der Waals surface area contributed by atoms with E-state index < -0.39 is 0 Å². The van der Waals surface area contributed by atoms with E-state index in [0.717, 1.165) is 18.4 Å². The van der Waals surface area contributed by atoms with Crippen molar-refractivity contribution < 1.29 is 19.4 Å². The Morgan fingerprint density at radius 3 is 2.60 bits per heavy atom. The molecule has 0 saturated carbocycles. The van der Waals surface area contributed by atoms with Crippen LogP contribution in [0.5, 0.6) is 11.5 Å². The zero-order valence-electron chi connectivity index (χ0n) is 12.1. The molecule has 2 N–H and O–H groups in total. The van der Waals surface area contributed by atoms with Gasteiger partial charge in [0, 0.05) is 19.6 Å². The number of carbonyl (C=O) groups excluding carboxylic acids is 1. The summed E-state index contributed by atoms with van der Waals surface area (Å²) >= 11 is 0. The Labute approximate surface area is 119 Å². The first-order valence-corrected chi connectivity index (χ1v) is 6.79. The molecular formula is C15H23NO4. The van der Waals surface area contributed by atoms with Crippen molar-refractivity contribution in [2.45, 2.75) is 25.7 Å². The highest BCUT2D eigenvalue weighted by atomic mass is 16.5. The van der Waals surface area contributed by atoms with Crippen molar-refractivity contribution in [3.05, 3.63) is 23.8 Å². The number of carbonyl (C=O) groups is 1. The van der Waals surface area contributed by atoms with Gasteiger partial charge in [-0.2, -0.15) is 0 Å². The number of unbranched alkanes of at least 4 members (excludes halogenated alkanes) is 1. The summed E-state index contributed by atoms with van der Waals surface area (Å²) in [5.41, 5.74) is 1.08. The molecule has 1 aromatic carbocycles. The third-order valence-electron chi connectivity index (χ3n) is 3.00. The zero-order valence-corrected chi connectivity index (χ0v) is 12.1. The van der Waals surface area contributed by atoms with E-state index in [1.165, 1.54) is 0 Å². The zero-order chi connectivity index (χ0) is 14.8. The van der Waals surface area contributed by atoms with Crippen LogP contribution in [0.1, 0.15) is 24.8 Å². The highest BCUT2D eigenvalue weighted by molar-refractivity contribution is 5.75. The van der Waals surface area contributed by atoms with Crippen LogP contribution in [0, 0.1) is 0 Å². The van der Waals surface area contributed by atoms with Gasteiger partial charge in [-0.25, -0.2) is 0 Å². The summed E-state index contributed by atoms with van der Waals surface area (Å²) in [7, 11) is 3.20. The van der Waals surface area contributed by atoms with Crippen molar-refractivity contribution in [2.24, 2.45) is 0 Å². The van der Waals surface area contributed by atoms with E-state index in [0.29, 0.717) is 30.9 Å². The van der Waals surface area contributed by atoms with Gasteiger partial charge in [-0.05, 0) is 37.0 Å². The van der Waals surface area contributed by atoms with Crippen LogP contribution in [0.15, 0.2) is 18.2 Å². The summed E-state index contributed by atoms with van der Waals surface area (Å²) in [6.45, 7) is 0.729. The topological polar surface area (TPSA) is 67.8 Å². The normalized spacial score (nSPS) is 10.2. The molecule has 1 amide bonds. The minimum atomic E-state index is 0.0268. The summed E-state index contributed by atoms with van der Waals surface area (Å²) in [5, 5.41) is 11.5. The fraction of sp³-hybridized carbons (Fsp3) is 0.533. The van der Waals surface area contributed by atoms with Crippen molar-refractivity contribution in [2.75, 3.05) is 27.4 Å². The summed E-state index contributed by atoms with van der Waals surface area (Å²) in [6.07, 6.45) is 2.60. The van der Waals surface area contributed by atoms with E-state index >= 15 is 0 Å². The minimum Gasteiger partial charge on any atom is -0.493 e. The first-order valence-electron chi connectivity index (χ1n) is 6.79. The van der Waals surface area contributed by atoms with Crippen molar-refractivity contribution >= 4 is 5.91 Å². The van der Waals surface area contributed by atoms with Crippen molar-refractivity contribution in [1.29, 1.82) is 0 Å². The molecular weight excluding hydrogens is 258 g/mol. The van der Waals surface area contributed by atoms with Crippen LogP contribution in [-0.2, 0) is 11.2 Å². The third kappa shape index (κ3) is 5.48. The second-order valence-electron chi connectivity index (χ2n) is 4.47. The quantitative estimate of drug-likeness (QED) is 0.674. The number of hydrogen-bond acceptors (Lipinski definition) is 4. The lowest BCUT2D eigenvalue weighted by Crippen LogP contribution is -2.25. The van der Waals surface area contributed by atoms with Gasteiger partial charge in [0.05, 0.1) is 14.2 Å². The molecule has 0 aromatic heterocycles. The molecule has 0 heterocycles. The van der Waals surface area contributed by atoms with Crippen molar-refractivity contribution in [3.63, 3.8) is 0 Å². The van der Waals surface area contributed by atoms with Crippen LogP contribution >= 0.6 is 0 Å². The number of aliphatic hydroxyl groups is 1. The average molecular weight is 281 g/mol. The Kier molecular flexibility index (Phi) is 7.50. The van der Waals surface area contributed by atoms with Gasteiger partial charge in [-0.1, -0.05) is 6.07 Å². The van der Waals surface area contributed by atoms with E-state index in [2.05, 4.69) is 5.32 Å². The van der Waals surface area contributed by atoms with Crippen LogP contribution in [0.4, 0.5) is 0 Å². The monoisotopic (exact) mass is 281 g/mol. The predicted molar refractivity (Wildman–Crippen MR) is 77.2 cm³/mol. The minimum absolute atomic E-state index is 0.0268. The van der Waals surface area contributed by atoms with E-state index in [4.69, 9.17) is 14.6 Å². The molecule has 0 spiro atoms. The lowest BCUT2D eigenvalue weighted by Gasteiger charge is -2.10. The van der Waals surface area contributed by atoms with Crippen molar-refractivity contribution in [1.82, 2.24) is 5.32 Å². The molecule has 0 saturated heterocycles. The highest BCUT2D eigenvalue weighted by Crippen LogP contribution is 2.27. The maximum atomic E-state index is 11.5. The van der Waals surface area contributed by atoms with E-state index in [1.807, 2.05) is 18.2 Å². The van der Waals surface area contributed by atoms with Gasteiger partial charge in [0.1, 0.15) is 0 Å². The number of methoxy groups -OCH3 is 2. The van der Waals surface area contributed by atoms with Crippen LogP contribution in [0.3, 0.4) is 0 Å². The molecule has 112 valence electrons. The first-order chi connectivity index (χ1) is 9.71. The number of benzene rings is 1. The van der Waals surface area contributed by atoms with Gasteiger partial charge in [0.2, 0.25) is 5.91 Å². The van der Waals surface area contributed by atoms with Gasteiger partial charge in [-0.15, -0.1) is 0 Å². The average Bonchev–Trinajstić information content (AvgIpc) is 2.47. The fourth-order valence-corrected chi connectivity index (χ4v) is 1.87. The Bertz CT molecular complexity index is 420. The molecule has 0 radical (unpaired) electrons. The van der Waals surface area contributed by atoms with Gasteiger partial charge < -0.3 is 19.9 Å². The molecule has 0 aliphatic rings. The second-order valence-corrected chi connectivity index (χ2v) is 4.47. The molecule has 5 nitrogen and oxygen atoms in total. The number of ether oxygens (including phenoxy) is 2. The van der Waals surface area contributed by atoms with Crippen LogP contribution < -0.4 is 14.8 Å². The fourth-order valence-electron chi connectivity index (χ4n) is 1.87. The largest absolute Gasteiger partial charge is 0.493 e. The van der Waals surface area contributed by atoms with Crippen LogP contribution in [0.2, 0.25) is 0 Å². The van der Waals surface area contributed by atoms with Crippen LogP contribution in [-0.4, -0.2) is 38.4 Å². The molecule has 0 fully saturated rings.